The average Bonchev–Trinajstić information content (AvgIpc) is 3.29. The highest BCUT2D eigenvalue weighted by atomic mass is 79.9. The maximum absolute atomic E-state index is 13.1. The van der Waals surface area contributed by atoms with Gasteiger partial charge in [-0.2, -0.15) is 0 Å². The molecule has 1 heterocycles. The Hall–Kier alpha value is -2.08. The monoisotopic (exact) mass is 391 g/mol. The lowest BCUT2D eigenvalue weighted by Gasteiger charge is -2.23. The zero-order chi connectivity index (χ0) is 17.3. The summed E-state index contributed by atoms with van der Waals surface area (Å²) in [6, 6.07) is 8.06. The molecule has 6 heteroatoms. The predicted octanol–water partition coefficient (Wildman–Crippen LogP) is 3.78. The first-order valence-corrected chi connectivity index (χ1v) is 8.59. The van der Waals surface area contributed by atoms with Gasteiger partial charge in [0.15, 0.2) is 0 Å². The number of carbonyl (C=O) groups is 2. The summed E-state index contributed by atoms with van der Waals surface area (Å²) in [5.41, 5.74) is 2.10. The summed E-state index contributed by atoms with van der Waals surface area (Å²) in [5, 5.41) is 9.02. The van der Waals surface area contributed by atoms with Crippen LogP contribution >= 0.6 is 15.9 Å². The van der Waals surface area contributed by atoms with Crippen molar-refractivity contribution >= 4 is 27.8 Å². The molecule has 0 aliphatic heterocycles. The maximum Gasteiger partial charge on any atom is 0.311 e. The van der Waals surface area contributed by atoms with E-state index in [2.05, 4.69) is 15.9 Å². The van der Waals surface area contributed by atoms with E-state index in [-0.39, 0.29) is 24.1 Å². The van der Waals surface area contributed by atoms with E-state index >= 15 is 0 Å². The number of hydrogen-bond donors (Lipinski definition) is 1. The first kappa shape index (κ1) is 16.8. The molecule has 24 heavy (non-hydrogen) atoms. The van der Waals surface area contributed by atoms with Crippen LogP contribution in [-0.4, -0.2) is 27.9 Å². The van der Waals surface area contributed by atoms with Crippen LogP contribution in [0.15, 0.2) is 39.4 Å². The van der Waals surface area contributed by atoms with E-state index in [0.717, 1.165) is 22.9 Å². The highest BCUT2D eigenvalue weighted by Crippen LogP contribution is 2.32. The number of rotatable bonds is 6. The van der Waals surface area contributed by atoms with E-state index in [9.17, 15) is 9.59 Å². The normalized spacial score (nSPS) is 13.8. The number of carbonyl (C=O) groups excluding carboxylic acids is 1. The van der Waals surface area contributed by atoms with E-state index in [0.29, 0.717) is 17.7 Å². The summed E-state index contributed by atoms with van der Waals surface area (Å²) in [6.45, 7) is 2.27. The fourth-order valence-electron chi connectivity index (χ4n) is 2.78. The van der Waals surface area contributed by atoms with Crippen molar-refractivity contribution in [1.29, 1.82) is 0 Å². The van der Waals surface area contributed by atoms with Crippen molar-refractivity contribution in [3.63, 3.8) is 0 Å². The third-order valence-corrected chi connectivity index (χ3v) is 4.56. The fraction of sp³-hybridized carbons (Fsp3) is 0.333. The van der Waals surface area contributed by atoms with Crippen molar-refractivity contribution in [2.75, 3.05) is 0 Å². The van der Waals surface area contributed by atoms with Gasteiger partial charge in [-0.15, -0.1) is 0 Å². The highest BCUT2D eigenvalue weighted by Gasteiger charge is 2.35. The van der Waals surface area contributed by atoms with Crippen LogP contribution < -0.4 is 0 Å². The van der Waals surface area contributed by atoms with Crippen LogP contribution in [0, 0.1) is 6.92 Å². The first-order valence-electron chi connectivity index (χ1n) is 7.80. The predicted molar refractivity (Wildman–Crippen MR) is 91.8 cm³/mol. The third kappa shape index (κ3) is 3.70. The van der Waals surface area contributed by atoms with Gasteiger partial charge in [0, 0.05) is 22.6 Å². The minimum Gasteiger partial charge on any atom is -0.481 e. The fourth-order valence-corrected chi connectivity index (χ4v) is 3.23. The van der Waals surface area contributed by atoms with Crippen LogP contribution in [0.4, 0.5) is 0 Å². The summed E-state index contributed by atoms with van der Waals surface area (Å²) >= 11 is 3.45. The lowest BCUT2D eigenvalue weighted by molar-refractivity contribution is -0.136. The van der Waals surface area contributed by atoms with Crippen molar-refractivity contribution in [3.8, 4) is 0 Å². The second-order valence-electron chi connectivity index (χ2n) is 6.08. The Morgan fingerprint density at radius 2 is 2.12 bits per heavy atom. The number of hydrogen-bond acceptors (Lipinski definition) is 3. The Labute approximate surface area is 148 Å². The van der Waals surface area contributed by atoms with Gasteiger partial charge in [-0.3, -0.25) is 9.59 Å². The van der Waals surface area contributed by atoms with Crippen molar-refractivity contribution in [1.82, 2.24) is 4.90 Å². The molecule has 1 aliphatic rings. The van der Waals surface area contributed by atoms with Crippen LogP contribution in [0.2, 0.25) is 0 Å². The molecule has 1 aromatic heterocycles. The van der Waals surface area contributed by atoms with E-state index in [1.807, 2.05) is 29.2 Å². The minimum atomic E-state index is -1.01. The summed E-state index contributed by atoms with van der Waals surface area (Å²) in [6.07, 6.45) is 3.12. The molecule has 126 valence electrons. The lowest BCUT2D eigenvalue weighted by Crippen LogP contribution is -2.33. The van der Waals surface area contributed by atoms with Gasteiger partial charge in [0.05, 0.1) is 11.8 Å². The van der Waals surface area contributed by atoms with Crippen molar-refractivity contribution in [3.05, 3.63) is 57.5 Å². The Morgan fingerprint density at radius 3 is 2.75 bits per heavy atom. The topological polar surface area (TPSA) is 70.7 Å². The number of nitrogens with zero attached hydrogens (tertiary/aromatic N) is 1. The molecule has 0 saturated heterocycles. The van der Waals surface area contributed by atoms with Gasteiger partial charge in [-0.05, 0) is 37.5 Å². The number of halogens is 1. The molecule has 0 spiro atoms. The molecular weight excluding hydrogens is 374 g/mol. The average molecular weight is 392 g/mol. The van der Waals surface area contributed by atoms with Gasteiger partial charge >= 0.3 is 5.97 Å². The van der Waals surface area contributed by atoms with E-state index < -0.39 is 5.97 Å². The zero-order valence-corrected chi connectivity index (χ0v) is 14.9. The van der Waals surface area contributed by atoms with Crippen LogP contribution in [0.3, 0.4) is 0 Å². The first-order chi connectivity index (χ1) is 11.5. The number of benzene rings is 1. The van der Waals surface area contributed by atoms with Gasteiger partial charge in [0.2, 0.25) is 0 Å². The molecule has 3 rings (SSSR count). The van der Waals surface area contributed by atoms with Crippen molar-refractivity contribution in [2.45, 2.75) is 38.8 Å². The largest absolute Gasteiger partial charge is 0.481 e. The number of furan rings is 1. The van der Waals surface area contributed by atoms with Crippen LogP contribution in [0.25, 0.3) is 0 Å². The van der Waals surface area contributed by atoms with Crippen LogP contribution in [0.1, 0.15) is 40.1 Å². The maximum atomic E-state index is 13.1. The molecule has 0 unspecified atom stereocenters. The van der Waals surface area contributed by atoms with Gasteiger partial charge < -0.3 is 14.4 Å². The van der Waals surface area contributed by atoms with E-state index in [4.69, 9.17) is 9.52 Å². The van der Waals surface area contributed by atoms with E-state index in [1.54, 1.807) is 6.92 Å². The van der Waals surface area contributed by atoms with Crippen molar-refractivity contribution < 1.29 is 19.1 Å². The molecule has 1 N–H and O–H groups in total. The summed E-state index contributed by atoms with van der Waals surface area (Å²) in [7, 11) is 0. The van der Waals surface area contributed by atoms with Gasteiger partial charge in [-0.1, -0.05) is 28.1 Å². The van der Waals surface area contributed by atoms with Crippen molar-refractivity contribution in [2.24, 2.45) is 0 Å². The molecule has 1 amide bonds. The molecule has 1 aromatic carbocycles. The number of aliphatic carboxylic acids is 1. The lowest BCUT2D eigenvalue weighted by atomic mass is 10.1. The molecular formula is C18H18BrNO4. The molecule has 1 saturated carbocycles. The number of carboxylic acids is 1. The minimum absolute atomic E-state index is 0.153. The van der Waals surface area contributed by atoms with Gasteiger partial charge in [-0.25, -0.2) is 0 Å². The van der Waals surface area contributed by atoms with E-state index in [1.165, 1.54) is 6.26 Å². The van der Waals surface area contributed by atoms with Gasteiger partial charge in [0.25, 0.3) is 5.91 Å². The van der Waals surface area contributed by atoms with Crippen LogP contribution in [0.5, 0.6) is 0 Å². The molecule has 2 aromatic rings. The third-order valence-electron chi connectivity index (χ3n) is 4.07. The SMILES string of the molecule is Cc1coc(CC(=O)O)c1C(=O)N(Cc1cccc(Br)c1)C1CC1. The number of carboxylic acid groups (broad SMARTS) is 1. The van der Waals surface area contributed by atoms with Crippen LogP contribution in [-0.2, 0) is 17.8 Å². The molecule has 0 atom stereocenters. The molecule has 1 aliphatic carbocycles. The summed E-state index contributed by atoms with van der Waals surface area (Å²) in [5.74, 6) is -0.937. The molecule has 0 radical (unpaired) electrons. The summed E-state index contributed by atoms with van der Waals surface area (Å²) in [4.78, 5) is 25.9. The second-order valence-corrected chi connectivity index (χ2v) is 7.00. The Morgan fingerprint density at radius 1 is 1.38 bits per heavy atom. The standard InChI is InChI=1S/C18H18BrNO4/c1-11-10-24-15(8-16(21)22)17(11)18(23)20(14-5-6-14)9-12-3-2-4-13(19)7-12/h2-4,7,10,14H,5-6,8-9H2,1H3,(H,21,22). The quantitative estimate of drug-likeness (QED) is 0.812. The zero-order valence-electron chi connectivity index (χ0n) is 13.3. The molecule has 0 bridgehead atoms. The summed E-state index contributed by atoms with van der Waals surface area (Å²) < 4.78 is 6.28. The highest BCUT2D eigenvalue weighted by molar-refractivity contribution is 9.10. The molecule has 1 fully saturated rings. The Bertz CT molecular complexity index is 779. The number of amides is 1. The smallest absolute Gasteiger partial charge is 0.311 e. The Balaban J connectivity index is 1.88. The second kappa shape index (κ2) is 6.81. The molecule has 5 nitrogen and oxygen atoms in total. The Kier molecular flexibility index (Phi) is 4.76. The van der Waals surface area contributed by atoms with Gasteiger partial charge in [0.1, 0.15) is 12.2 Å². The number of aryl methyl sites for hydroxylation is 1.